The fraction of sp³-hybridized carbons (Fsp3) is 0.423. The molecule has 35 heavy (non-hydrogen) atoms. The van der Waals surface area contributed by atoms with E-state index in [1.54, 1.807) is 6.92 Å². The average Bonchev–Trinajstić information content (AvgIpc) is 3.23. The van der Waals surface area contributed by atoms with Crippen LogP contribution in [0.4, 0.5) is 13.6 Å². The number of benzene rings is 2. The zero-order valence-electron chi connectivity index (χ0n) is 19.3. The first-order chi connectivity index (χ1) is 16.7. The van der Waals surface area contributed by atoms with Gasteiger partial charge < -0.3 is 20.5 Å². The molecule has 186 valence electrons. The van der Waals surface area contributed by atoms with Crippen LogP contribution in [-0.2, 0) is 14.3 Å². The summed E-state index contributed by atoms with van der Waals surface area (Å²) >= 11 is 0. The highest BCUT2D eigenvalue weighted by Crippen LogP contribution is 2.54. The number of carboxylic acid groups (broad SMARTS) is 1. The van der Waals surface area contributed by atoms with Crippen molar-refractivity contribution in [2.75, 3.05) is 13.2 Å². The second kappa shape index (κ2) is 10.0. The molecule has 0 saturated heterocycles. The van der Waals surface area contributed by atoms with Crippen molar-refractivity contribution in [3.8, 4) is 11.1 Å². The first-order valence-electron chi connectivity index (χ1n) is 11.7. The molecule has 3 N–H and O–H groups in total. The summed E-state index contributed by atoms with van der Waals surface area (Å²) in [7, 11) is 0. The van der Waals surface area contributed by atoms with E-state index in [1.165, 1.54) is 0 Å². The van der Waals surface area contributed by atoms with E-state index in [9.17, 15) is 23.2 Å². The maximum atomic E-state index is 13.4. The van der Waals surface area contributed by atoms with E-state index in [4.69, 9.17) is 9.84 Å². The third kappa shape index (κ3) is 5.28. The molecular formula is C26H28F2N2O5. The summed E-state index contributed by atoms with van der Waals surface area (Å²) in [6.07, 6.45) is 0.474. The zero-order chi connectivity index (χ0) is 25.2. The number of hydrogen-bond acceptors (Lipinski definition) is 4. The number of nitrogens with one attached hydrogen (secondary N) is 2. The van der Waals surface area contributed by atoms with Gasteiger partial charge in [0.2, 0.25) is 5.91 Å². The number of carboxylic acids is 1. The van der Waals surface area contributed by atoms with Gasteiger partial charge in [-0.25, -0.2) is 13.6 Å². The van der Waals surface area contributed by atoms with Crippen LogP contribution in [0.5, 0.6) is 0 Å². The van der Waals surface area contributed by atoms with Crippen molar-refractivity contribution >= 4 is 18.0 Å². The first-order valence-corrected chi connectivity index (χ1v) is 11.7. The predicted octanol–water partition coefficient (Wildman–Crippen LogP) is 4.17. The second-order valence-corrected chi connectivity index (χ2v) is 9.16. The van der Waals surface area contributed by atoms with E-state index >= 15 is 0 Å². The monoisotopic (exact) mass is 486 g/mol. The molecule has 1 unspecified atom stereocenters. The Kier molecular flexibility index (Phi) is 7.05. The lowest BCUT2D eigenvalue weighted by atomic mass is 9.98. The van der Waals surface area contributed by atoms with E-state index in [0.29, 0.717) is 12.8 Å². The van der Waals surface area contributed by atoms with Gasteiger partial charge in [-0.2, -0.15) is 0 Å². The smallest absolute Gasteiger partial charge is 0.407 e. The number of alkyl carbamates (subject to hydrolysis) is 1. The number of rotatable bonds is 10. The van der Waals surface area contributed by atoms with Crippen LogP contribution in [0.25, 0.3) is 11.1 Å². The van der Waals surface area contributed by atoms with Gasteiger partial charge in [0, 0.05) is 24.9 Å². The zero-order valence-corrected chi connectivity index (χ0v) is 19.3. The Bertz CT molecular complexity index is 1080. The minimum absolute atomic E-state index is 0.0354. The summed E-state index contributed by atoms with van der Waals surface area (Å²) in [5, 5.41) is 13.9. The van der Waals surface area contributed by atoms with Crippen LogP contribution >= 0.6 is 0 Å². The maximum Gasteiger partial charge on any atom is 0.407 e. The molecule has 1 fully saturated rings. The molecule has 2 amide bonds. The molecule has 2 aliphatic rings. The summed E-state index contributed by atoms with van der Waals surface area (Å²) < 4.78 is 32.2. The fourth-order valence-corrected chi connectivity index (χ4v) is 4.78. The quantitative estimate of drug-likeness (QED) is 0.468. The molecule has 9 heteroatoms. The molecule has 3 atom stereocenters. The molecule has 2 aromatic carbocycles. The van der Waals surface area contributed by atoms with Crippen molar-refractivity contribution in [1.29, 1.82) is 0 Å². The van der Waals surface area contributed by atoms with Gasteiger partial charge in [-0.05, 0) is 42.0 Å². The van der Waals surface area contributed by atoms with Gasteiger partial charge in [-0.3, -0.25) is 9.59 Å². The number of halogens is 2. The van der Waals surface area contributed by atoms with Gasteiger partial charge in [0.25, 0.3) is 5.92 Å². The second-order valence-electron chi connectivity index (χ2n) is 9.16. The highest BCUT2D eigenvalue weighted by Gasteiger charge is 2.72. The number of carbonyl (C=O) groups is 3. The number of carbonyl (C=O) groups excluding carboxylic acids is 2. The topological polar surface area (TPSA) is 105 Å². The molecule has 0 spiro atoms. The van der Waals surface area contributed by atoms with E-state index < -0.39 is 35.7 Å². The predicted molar refractivity (Wildman–Crippen MR) is 124 cm³/mol. The number of hydrogen-bond donors (Lipinski definition) is 3. The highest BCUT2D eigenvalue weighted by molar-refractivity contribution is 5.79. The van der Waals surface area contributed by atoms with Crippen molar-refractivity contribution in [2.45, 2.75) is 44.1 Å². The van der Waals surface area contributed by atoms with Gasteiger partial charge >= 0.3 is 12.1 Å². The average molecular weight is 487 g/mol. The summed E-state index contributed by atoms with van der Waals surface area (Å²) in [5.74, 6) is -8.39. The Balaban J connectivity index is 1.16. The Morgan fingerprint density at radius 1 is 1.06 bits per heavy atom. The number of amides is 2. The molecule has 0 radical (unpaired) electrons. The SMILES string of the molecule is CC(CCCC(=O)NC[C@@H]1[C@H](C(=O)O)C1(F)F)NC(=O)OCC1c2ccccc2-c2ccccc21. The molecule has 2 aromatic rings. The normalized spacial score (nSPS) is 20.3. The van der Waals surface area contributed by atoms with Crippen LogP contribution in [-0.4, -0.2) is 48.2 Å². The van der Waals surface area contributed by atoms with Crippen LogP contribution in [0.3, 0.4) is 0 Å². The molecule has 7 nitrogen and oxygen atoms in total. The fourth-order valence-electron chi connectivity index (χ4n) is 4.78. The van der Waals surface area contributed by atoms with Crippen LogP contribution in [0.2, 0.25) is 0 Å². The van der Waals surface area contributed by atoms with E-state index in [2.05, 4.69) is 22.8 Å². The molecular weight excluding hydrogens is 458 g/mol. The summed E-state index contributed by atoms with van der Waals surface area (Å²) in [6, 6.07) is 15.9. The lowest BCUT2D eigenvalue weighted by Crippen LogP contribution is -2.34. The molecule has 0 bridgehead atoms. The maximum absolute atomic E-state index is 13.4. The van der Waals surface area contributed by atoms with Crippen LogP contribution in [0, 0.1) is 11.8 Å². The van der Waals surface area contributed by atoms with Crippen molar-refractivity contribution in [3.63, 3.8) is 0 Å². The van der Waals surface area contributed by atoms with E-state index in [1.807, 2.05) is 36.4 Å². The number of alkyl halides is 2. The lowest BCUT2D eigenvalue weighted by Gasteiger charge is -2.17. The molecule has 4 rings (SSSR count). The Hall–Kier alpha value is -3.49. The molecule has 0 aromatic heterocycles. The Labute approximate surface area is 201 Å². The largest absolute Gasteiger partial charge is 0.481 e. The lowest BCUT2D eigenvalue weighted by molar-refractivity contribution is -0.141. The van der Waals surface area contributed by atoms with E-state index in [-0.39, 0.29) is 31.5 Å². The molecule has 2 aliphatic carbocycles. The molecule has 1 saturated carbocycles. The first kappa shape index (κ1) is 24.6. The van der Waals surface area contributed by atoms with Gasteiger partial charge in [0.05, 0.1) is 5.92 Å². The van der Waals surface area contributed by atoms with Gasteiger partial charge in [-0.15, -0.1) is 0 Å². The minimum atomic E-state index is -3.28. The summed E-state index contributed by atoms with van der Waals surface area (Å²) in [5.41, 5.74) is 4.54. The van der Waals surface area contributed by atoms with Crippen LogP contribution in [0.15, 0.2) is 48.5 Å². The number of ether oxygens (including phenoxy) is 1. The minimum Gasteiger partial charge on any atom is -0.481 e. The van der Waals surface area contributed by atoms with Gasteiger partial charge in [-0.1, -0.05) is 48.5 Å². The molecule has 0 aliphatic heterocycles. The summed E-state index contributed by atoms with van der Waals surface area (Å²) in [4.78, 5) is 35.0. The van der Waals surface area contributed by atoms with E-state index in [0.717, 1.165) is 22.3 Å². The van der Waals surface area contributed by atoms with Crippen molar-refractivity contribution in [3.05, 3.63) is 59.7 Å². The molecule has 0 heterocycles. The summed E-state index contributed by atoms with van der Waals surface area (Å²) in [6.45, 7) is 1.63. The number of aliphatic carboxylic acids is 1. The van der Waals surface area contributed by atoms with Crippen molar-refractivity contribution in [2.24, 2.45) is 11.8 Å². The third-order valence-corrected chi connectivity index (χ3v) is 6.74. The van der Waals surface area contributed by atoms with Crippen molar-refractivity contribution in [1.82, 2.24) is 10.6 Å². The van der Waals surface area contributed by atoms with Gasteiger partial charge in [0.15, 0.2) is 0 Å². The standard InChI is InChI=1S/C26H28F2N2O5/c1-15(7-6-12-22(31)29-13-21-23(24(32)33)26(21,27)28)30-25(34)35-14-20-18-10-4-2-8-16(18)17-9-3-5-11-19(17)20/h2-5,8-11,15,20-21,23H,6-7,12-14H2,1H3,(H,29,31)(H,30,34)(H,32,33)/t15?,21-,23-/m1/s1. The van der Waals surface area contributed by atoms with Crippen LogP contribution in [0.1, 0.15) is 43.2 Å². The Morgan fingerprint density at radius 3 is 2.23 bits per heavy atom. The van der Waals surface area contributed by atoms with Gasteiger partial charge in [0.1, 0.15) is 12.5 Å². The Morgan fingerprint density at radius 2 is 1.66 bits per heavy atom. The highest BCUT2D eigenvalue weighted by atomic mass is 19.3. The number of fused-ring (bicyclic) bond motifs is 3. The van der Waals surface area contributed by atoms with Crippen LogP contribution < -0.4 is 10.6 Å². The third-order valence-electron chi connectivity index (χ3n) is 6.74. The van der Waals surface area contributed by atoms with Crippen molar-refractivity contribution < 1.29 is 33.0 Å².